The van der Waals surface area contributed by atoms with Crippen molar-refractivity contribution < 1.29 is 5.11 Å². The van der Waals surface area contributed by atoms with Crippen molar-refractivity contribution in [1.82, 2.24) is 9.80 Å². The third-order valence-corrected chi connectivity index (χ3v) is 4.37. The van der Waals surface area contributed by atoms with Crippen LogP contribution in [0.2, 0.25) is 0 Å². The normalized spacial score (nSPS) is 17.3. The van der Waals surface area contributed by atoms with Crippen molar-refractivity contribution in [3.05, 3.63) is 78.0 Å². The summed E-state index contributed by atoms with van der Waals surface area (Å²) in [6.45, 7) is 5.41. The lowest BCUT2D eigenvalue weighted by atomic mass is 9.96. The average molecular weight is 295 g/mol. The lowest BCUT2D eigenvalue weighted by Crippen LogP contribution is -2.48. The molecule has 1 N–H and O–H groups in total. The Morgan fingerprint density at radius 3 is 1.68 bits per heavy atom. The molecular weight excluding hydrogens is 272 g/mol. The van der Waals surface area contributed by atoms with Crippen LogP contribution in [0.3, 0.4) is 0 Å². The van der Waals surface area contributed by atoms with Gasteiger partial charge in [0, 0.05) is 26.2 Å². The lowest BCUT2D eigenvalue weighted by Gasteiger charge is -2.40. The number of hydrogen-bond acceptors (Lipinski definition) is 3. The van der Waals surface area contributed by atoms with Gasteiger partial charge in [0.15, 0.2) is 6.23 Å². The number of rotatable bonds is 4. The zero-order chi connectivity index (χ0) is 15.4. The van der Waals surface area contributed by atoms with Gasteiger partial charge in [0.1, 0.15) is 0 Å². The average Bonchev–Trinajstić information content (AvgIpc) is 2.57. The second-order valence-corrected chi connectivity index (χ2v) is 5.79. The maximum Gasteiger partial charge on any atom is 0.158 e. The fourth-order valence-electron chi connectivity index (χ4n) is 3.19. The van der Waals surface area contributed by atoms with E-state index >= 15 is 0 Å². The van der Waals surface area contributed by atoms with E-state index in [0.29, 0.717) is 6.23 Å². The Hall–Kier alpha value is -1.68. The number of nitrogens with zero attached hydrogens (tertiary/aromatic N) is 2. The molecule has 22 heavy (non-hydrogen) atoms. The molecule has 1 saturated heterocycles. The quantitative estimate of drug-likeness (QED) is 0.938. The third-order valence-electron chi connectivity index (χ3n) is 4.37. The van der Waals surface area contributed by atoms with Gasteiger partial charge in [0.05, 0.1) is 6.04 Å². The highest BCUT2D eigenvalue weighted by Gasteiger charge is 2.27. The molecule has 2 aromatic carbocycles. The Labute approximate surface area is 132 Å². The van der Waals surface area contributed by atoms with Crippen molar-refractivity contribution >= 4 is 0 Å². The molecule has 2 aromatic rings. The van der Waals surface area contributed by atoms with Gasteiger partial charge in [-0.15, -0.1) is 0 Å². The van der Waals surface area contributed by atoms with E-state index in [2.05, 4.69) is 65.6 Å². The Morgan fingerprint density at radius 1 is 0.818 bits per heavy atom. The predicted octanol–water partition coefficient (Wildman–Crippen LogP) is 3.28. The molecule has 1 fully saturated rings. The summed E-state index contributed by atoms with van der Waals surface area (Å²) in [4.78, 5) is 4.55. The summed E-state index contributed by atoms with van der Waals surface area (Å²) in [5.41, 5.74) is 2.65. The molecule has 0 atom stereocenters. The summed E-state index contributed by atoms with van der Waals surface area (Å²) in [5, 5.41) is 9.66. The Morgan fingerprint density at radius 2 is 1.27 bits per heavy atom. The van der Waals surface area contributed by atoms with Crippen LogP contribution in [0.1, 0.15) is 24.1 Å². The van der Waals surface area contributed by atoms with E-state index in [1.165, 1.54) is 11.1 Å². The van der Waals surface area contributed by atoms with Crippen LogP contribution in [0.15, 0.2) is 60.7 Å². The number of hydrogen-bond donors (Lipinski definition) is 1. The van der Waals surface area contributed by atoms with Gasteiger partial charge >= 0.3 is 0 Å². The predicted molar refractivity (Wildman–Crippen MR) is 88.7 cm³/mol. The maximum absolute atomic E-state index is 9.66. The van der Waals surface area contributed by atoms with Crippen LogP contribution in [0, 0.1) is 6.23 Å². The molecule has 0 unspecified atom stereocenters. The second-order valence-electron chi connectivity index (χ2n) is 5.79. The summed E-state index contributed by atoms with van der Waals surface area (Å²) in [6, 6.07) is 21.6. The first kappa shape index (κ1) is 15.2. The number of aliphatic hydroxyl groups is 1. The smallest absolute Gasteiger partial charge is 0.158 e. The Balaban J connectivity index is 1.84. The summed E-state index contributed by atoms with van der Waals surface area (Å²) >= 11 is 0. The molecule has 1 aliphatic rings. The van der Waals surface area contributed by atoms with E-state index in [1.807, 2.05) is 4.90 Å². The van der Waals surface area contributed by atoms with Gasteiger partial charge in [-0.2, -0.15) is 0 Å². The third kappa shape index (κ3) is 3.38. The van der Waals surface area contributed by atoms with Crippen LogP contribution in [0.4, 0.5) is 0 Å². The van der Waals surface area contributed by atoms with Crippen LogP contribution in [-0.2, 0) is 0 Å². The van der Waals surface area contributed by atoms with Gasteiger partial charge in [-0.1, -0.05) is 60.7 Å². The monoisotopic (exact) mass is 295 g/mol. The zero-order valence-electron chi connectivity index (χ0n) is 13.0. The van der Waals surface area contributed by atoms with Gasteiger partial charge < -0.3 is 5.11 Å². The minimum Gasteiger partial charge on any atom is -0.371 e. The lowest BCUT2D eigenvalue weighted by molar-refractivity contribution is 0.0533. The molecule has 3 nitrogen and oxygen atoms in total. The summed E-state index contributed by atoms with van der Waals surface area (Å²) in [5.74, 6) is 0. The Bertz CT molecular complexity index is 523. The Kier molecular flexibility index (Phi) is 4.88. The molecule has 0 aliphatic carbocycles. The largest absolute Gasteiger partial charge is 0.371 e. The van der Waals surface area contributed by atoms with Crippen LogP contribution < -0.4 is 0 Å². The van der Waals surface area contributed by atoms with Gasteiger partial charge in [0.2, 0.25) is 0 Å². The first-order chi connectivity index (χ1) is 10.8. The first-order valence-corrected chi connectivity index (χ1v) is 7.87. The van der Waals surface area contributed by atoms with Crippen LogP contribution in [0.5, 0.6) is 0 Å². The van der Waals surface area contributed by atoms with Crippen LogP contribution >= 0.6 is 0 Å². The molecule has 115 valence electrons. The molecule has 1 radical (unpaired) electrons. The van der Waals surface area contributed by atoms with Crippen molar-refractivity contribution in [2.24, 2.45) is 0 Å². The maximum atomic E-state index is 9.66. The van der Waals surface area contributed by atoms with Gasteiger partial charge in [-0.3, -0.25) is 9.80 Å². The van der Waals surface area contributed by atoms with Gasteiger partial charge in [-0.25, -0.2) is 0 Å². The van der Waals surface area contributed by atoms with E-state index < -0.39 is 0 Å². The van der Waals surface area contributed by atoms with E-state index in [-0.39, 0.29) is 6.04 Å². The fraction of sp³-hybridized carbons (Fsp3) is 0.316. The molecule has 0 amide bonds. The molecule has 1 heterocycles. The highest BCUT2D eigenvalue weighted by atomic mass is 16.3. The zero-order valence-corrected chi connectivity index (χ0v) is 13.0. The van der Waals surface area contributed by atoms with E-state index in [4.69, 9.17) is 0 Å². The first-order valence-electron chi connectivity index (χ1n) is 7.87. The van der Waals surface area contributed by atoms with E-state index in [0.717, 1.165) is 26.2 Å². The topological polar surface area (TPSA) is 26.7 Å². The van der Waals surface area contributed by atoms with Crippen molar-refractivity contribution in [2.45, 2.75) is 13.0 Å². The molecular formula is C19H23N2O. The standard InChI is InChI=1S/C19H23N2O/c1-16(22)20-12-14-21(15-13-20)19(17-8-4-2-5-9-17)18-10-6-3-7-11-18/h2-11,19,22H,12-15H2,1H3. The fourth-order valence-corrected chi connectivity index (χ4v) is 3.19. The molecule has 3 rings (SSSR count). The summed E-state index contributed by atoms with van der Waals surface area (Å²) in [6.07, 6.45) is 0.427. The molecule has 3 heteroatoms. The van der Waals surface area contributed by atoms with E-state index in [1.54, 1.807) is 6.92 Å². The molecule has 0 spiro atoms. The van der Waals surface area contributed by atoms with Crippen LogP contribution in [0.25, 0.3) is 0 Å². The van der Waals surface area contributed by atoms with Gasteiger partial charge in [0.25, 0.3) is 0 Å². The minimum atomic E-state index is 0.281. The minimum absolute atomic E-state index is 0.281. The van der Waals surface area contributed by atoms with Gasteiger partial charge in [-0.05, 0) is 18.1 Å². The summed E-state index contributed by atoms with van der Waals surface area (Å²) < 4.78 is 0. The van der Waals surface area contributed by atoms with E-state index in [9.17, 15) is 5.11 Å². The molecule has 0 bridgehead atoms. The van der Waals surface area contributed by atoms with Crippen molar-refractivity contribution in [3.8, 4) is 0 Å². The molecule has 1 aliphatic heterocycles. The highest BCUT2D eigenvalue weighted by molar-refractivity contribution is 5.31. The van der Waals surface area contributed by atoms with Crippen molar-refractivity contribution in [3.63, 3.8) is 0 Å². The number of aliphatic hydroxyl groups excluding tert-OH is 1. The molecule has 0 aromatic heterocycles. The number of piperazine rings is 1. The SMILES string of the molecule is C[C](O)N1CCN(C(c2ccccc2)c2ccccc2)CC1. The number of benzene rings is 2. The highest BCUT2D eigenvalue weighted by Crippen LogP contribution is 2.29. The van der Waals surface area contributed by atoms with Crippen molar-refractivity contribution in [2.75, 3.05) is 26.2 Å². The van der Waals surface area contributed by atoms with Crippen molar-refractivity contribution in [1.29, 1.82) is 0 Å². The second kappa shape index (κ2) is 7.05. The molecule has 0 saturated carbocycles. The summed E-state index contributed by atoms with van der Waals surface area (Å²) in [7, 11) is 0. The van der Waals surface area contributed by atoms with Crippen LogP contribution in [-0.4, -0.2) is 41.1 Å².